The van der Waals surface area contributed by atoms with E-state index in [-0.39, 0.29) is 0 Å². The molecular weight excluding hydrogens is 210 g/mol. The van der Waals surface area contributed by atoms with Crippen LogP contribution in [0.25, 0.3) is 12.2 Å². The molecular formula is C12H8F2N2. The first kappa shape index (κ1) is 10.4. The maximum Gasteiger partial charge on any atom is 0.133 e. The standard InChI is InChI=1S/C12H8F2N2/c13-11-4-3-10(12(14)7-11)2-1-9-5-6-15-16-8-9/h1-8H. The Hall–Kier alpha value is -2.10. The Balaban J connectivity index is 2.24. The summed E-state index contributed by atoms with van der Waals surface area (Å²) in [5.41, 5.74) is 1.14. The molecule has 0 amide bonds. The lowest BCUT2D eigenvalue weighted by Gasteiger charge is -1.96. The molecule has 0 unspecified atom stereocenters. The number of aromatic nitrogens is 2. The summed E-state index contributed by atoms with van der Waals surface area (Å²) in [6.07, 6.45) is 6.34. The highest BCUT2D eigenvalue weighted by atomic mass is 19.1. The summed E-state index contributed by atoms with van der Waals surface area (Å²) in [5, 5.41) is 7.30. The Morgan fingerprint density at radius 2 is 1.88 bits per heavy atom. The van der Waals surface area contributed by atoms with Crippen molar-refractivity contribution in [1.29, 1.82) is 0 Å². The third-order valence-corrected chi connectivity index (χ3v) is 2.02. The van der Waals surface area contributed by atoms with Gasteiger partial charge in [0.15, 0.2) is 0 Å². The van der Waals surface area contributed by atoms with Crippen LogP contribution in [0.2, 0.25) is 0 Å². The number of benzene rings is 1. The van der Waals surface area contributed by atoms with E-state index in [9.17, 15) is 8.78 Å². The summed E-state index contributed by atoms with van der Waals surface area (Å²) in [6, 6.07) is 5.19. The van der Waals surface area contributed by atoms with Crippen LogP contribution < -0.4 is 0 Å². The molecule has 0 saturated carbocycles. The fraction of sp³-hybridized carbons (Fsp3) is 0. The van der Waals surface area contributed by atoms with E-state index < -0.39 is 11.6 Å². The zero-order valence-electron chi connectivity index (χ0n) is 8.27. The Labute approximate surface area is 91.3 Å². The number of hydrogen-bond donors (Lipinski definition) is 0. The monoisotopic (exact) mass is 218 g/mol. The zero-order valence-corrected chi connectivity index (χ0v) is 8.27. The molecule has 16 heavy (non-hydrogen) atoms. The van der Waals surface area contributed by atoms with Crippen molar-refractivity contribution >= 4 is 12.2 Å². The molecule has 0 fully saturated rings. The first-order valence-electron chi connectivity index (χ1n) is 4.65. The summed E-state index contributed by atoms with van der Waals surface area (Å²) < 4.78 is 25.9. The van der Waals surface area contributed by atoms with E-state index in [4.69, 9.17) is 0 Å². The number of halogens is 2. The van der Waals surface area contributed by atoms with Gasteiger partial charge in [-0.1, -0.05) is 12.2 Å². The minimum atomic E-state index is -0.585. The Morgan fingerprint density at radius 1 is 1.00 bits per heavy atom. The summed E-state index contributed by atoms with van der Waals surface area (Å²) in [4.78, 5) is 0. The van der Waals surface area contributed by atoms with Gasteiger partial charge in [-0.3, -0.25) is 0 Å². The van der Waals surface area contributed by atoms with E-state index in [0.717, 1.165) is 11.6 Å². The molecule has 1 aromatic carbocycles. The summed E-state index contributed by atoms with van der Waals surface area (Å²) in [6.45, 7) is 0. The van der Waals surface area contributed by atoms with Crippen molar-refractivity contribution in [3.05, 3.63) is 59.4 Å². The van der Waals surface area contributed by atoms with Crippen molar-refractivity contribution < 1.29 is 8.78 Å². The van der Waals surface area contributed by atoms with E-state index in [1.54, 1.807) is 30.6 Å². The SMILES string of the molecule is Fc1ccc(C=Cc2ccnnc2)c(F)c1. The Morgan fingerprint density at radius 3 is 2.56 bits per heavy atom. The van der Waals surface area contributed by atoms with Gasteiger partial charge in [-0.2, -0.15) is 10.2 Å². The van der Waals surface area contributed by atoms with Crippen LogP contribution in [0.5, 0.6) is 0 Å². The first-order chi connectivity index (χ1) is 7.75. The van der Waals surface area contributed by atoms with E-state index in [1.807, 2.05) is 0 Å². The van der Waals surface area contributed by atoms with Crippen LogP contribution >= 0.6 is 0 Å². The fourth-order valence-corrected chi connectivity index (χ4v) is 1.22. The average Bonchev–Trinajstić information content (AvgIpc) is 2.29. The Kier molecular flexibility index (Phi) is 3.00. The average molecular weight is 218 g/mol. The minimum Gasteiger partial charge on any atom is -0.207 e. The highest BCUT2D eigenvalue weighted by Gasteiger charge is 1.99. The second-order valence-electron chi connectivity index (χ2n) is 3.17. The van der Waals surface area contributed by atoms with Crippen LogP contribution in [0.1, 0.15) is 11.1 Å². The van der Waals surface area contributed by atoms with Crippen molar-refractivity contribution in [3.8, 4) is 0 Å². The van der Waals surface area contributed by atoms with Gasteiger partial charge in [-0.25, -0.2) is 8.78 Å². The number of nitrogens with zero attached hydrogens (tertiary/aromatic N) is 2. The molecule has 0 spiro atoms. The maximum atomic E-state index is 13.2. The predicted octanol–water partition coefficient (Wildman–Crippen LogP) is 2.93. The lowest BCUT2D eigenvalue weighted by atomic mass is 10.1. The van der Waals surface area contributed by atoms with Crippen molar-refractivity contribution in [1.82, 2.24) is 10.2 Å². The van der Waals surface area contributed by atoms with E-state index in [0.29, 0.717) is 5.56 Å². The van der Waals surface area contributed by atoms with Gasteiger partial charge in [0.25, 0.3) is 0 Å². The summed E-state index contributed by atoms with van der Waals surface area (Å²) in [5.74, 6) is -1.17. The predicted molar refractivity (Wildman–Crippen MR) is 57.3 cm³/mol. The van der Waals surface area contributed by atoms with Gasteiger partial charge in [0.1, 0.15) is 11.6 Å². The first-order valence-corrected chi connectivity index (χ1v) is 4.65. The van der Waals surface area contributed by atoms with Crippen LogP contribution in [0.15, 0.2) is 36.7 Å². The molecule has 0 aliphatic rings. The molecule has 2 aromatic rings. The molecule has 0 aliphatic heterocycles. The molecule has 0 saturated heterocycles. The van der Waals surface area contributed by atoms with Crippen LogP contribution in [-0.4, -0.2) is 10.2 Å². The lowest BCUT2D eigenvalue weighted by Crippen LogP contribution is -1.84. The third-order valence-electron chi connectivity index (χ3n) is 2.02. The molecule has 80 valence electrons. The minimum absolute atomic E-state index is 0.332. The third kappa shape index (κ3) is 2.48. The van der Waals surface area contributed by atoms with Gasteiger partial charge in [0, 0.05) is 11.6 Å². The molecule has 0 N–H and O–H groups in total. The molecule has 0 atom stereocenters. The number of hydrogen-bond acceptors (Lipinski definition) is 2. The van der Waals surface area contributed by atoms with Gasteiger partial charge in [0.05, 0.1) is 12.4 Å². The molecule has 1 aromatic heterocycles. The lowest BCUT2D eigenvalue weighted by molar-refractivity contribution is 0.581. The topological polar surface area (TPSA) is 25.8 Å². The van der Waals surface area contributed by atoms with Gasteiger partial charge >= 0.3 is 0 Å². The van der Waals surface area contributed by atoms with E-state index in [2.05, 4.69) is 10.2 Å². The number of rotatable bonds is 2. The van der Waals surface area contributed by atoms with E-state index in [1.165, 1.54) is 12.1 Å². The van der Waals surface area contributed by atoms with Crippen molar-refractivity contribution in [2.45, 2.75) is 0 Å². The van der Waals surface area contributed by atoms with Crippen LogP contribution in [0, 0.1) is 11.6 Å². The van der Waals surface area contributed by atoms with Crippen molar-refractivity contribution in [2.75, 3.05) is 0 Å². The maximum absolute atomic E-state index is 13.2. The molecule has 1 heterocycles. The normalized spacial score (nSPS) is 10.9. The van der Waals surface area contributed by atoms with Crippen molar-refractivity contribution in [3.63, 3.8) is 0 Å². The van der Waals surface area contributed by atoms with Gasteiger partial charge in [-0.05, 0) is 23.8 Å². The molecule has 2 nitrogen and oxygen atoms in total. The quantitative estimate of drug-likeness (QED) is 0.774. The van der Waals surface area contributed by atoms with Crippen molar-refractivity contribution in [2.24, 2.45) is 0 Å². The molecule has 0 radical (unpaired) electrons. The molecule has 0 bridgehead atoms. The zero-order chi connectivity index (χ0) is 11.4. The summed E-state index contributed by atoms with van der Waals surface area (Å²) >= 11 is 0. The molecule has 4 heteroatoms. The molecule has 2 rings (SSSR count). The largest absolute Gasteiger partial charge is 0.207 e. The highest BCUT2D eigenvalue weighted by molar-refractivity contribution is 5.69. The second-order valence-corrected chi connectivity index (χ2v) is 3.17. The van der Waals surface area contributed by atoms with Gasteiger partial charge < -0.3 is 0 Å². The Bertz CT molecular complexity index is 510. The van der Waals surface area contributed by atoms with E-state index >= 15 is 0 Å². The van der Waals surface area contributed by atoms with Crippen LogP contribution in [-0.2, 0) is 0 Å². The van der Waals surface area contributed by atoms with Gasteiger partial charge in [0.2, 0.25) is 0 Å². The highest BCUT2D eigenvalue weighted by Crippen LogP contribution is 2.12. The van der Waals surface area contributed by atoms with Gasteiger partial charge in [-0.15, -0.1) is 0 Å². The smallest absolute Gasteiger partial charge is 0.133 e. The van der Waals surface area contributed by atoms with Crippen LogP contribution in [0.3, 0.4) is 0 Å². The van der Waals surface area contributed by atoms with Crippen LogP contribution in [0.4, 0.5) is 8.78 Å². The molecule has 0 aliphatic carbocycles. The summed E-state index contributed by atoms with van der Waals surface area (Å²) in [7, 11) is 0. The second kappa shape index (κ2) is 4.61. The fourth-order valence-electron chi connectivity index (χ4n) is 1.22.